The molecule has 0 spiro atoms. The van der Waals surface area contributed by atoms with Gasteiger partial charge in [0.1, 0.15) is 17.1 Å². The van der Waals surface area contributed by atoms with Crippen LogP contribution in [-0.4, -0.2) is 143 Å². The molecular weight excluding hydrogens is 794 g/mol. The second-order valence-corrected chi connectivity index (χ2v) is 16.4. The highest BCUT2D eigenvalue weighted by Crippen LogP contribution is 2.43. The Bertz CT molecular complexity index is 2050. The molecular formula is C34H38ClN9O10S2. The number of phenols is 2. The molecule has 2 bridgehead atoms. The number of benzene rings is 1. The summed E-state index contributed by atoms with van der Waals surface area (Å²) in [5.74, 6) is -5.97. The van der Waals surface area contributed by atoms with Crippen molar-refractivity contribution in [3.8, 4) is 11.5 Å². The number of phenolic OH excluding ortho intramolecular Hbond substituents is 2. The van der Waals surface area contributed by atoms with Crippen molar-refractivity contribution in [2.24, 2.45) is 0 Å². The first-order chi connectivity index (χ1) is 26.7. The number of likely N-dealkylation sites (N-methyl/N-ethyl adjacent to an activating group) is 1. The van der Waals surface area contributed by atoms with Gasteiger partial charge in [-0.15, -0.1) is 23.1 Å². The standard InChI is InChI=1S/C34H38ClN9O10S2/c1-2-41-7-8-42(30(51)29(41)50)34(54)40-22(19-13-56-33(36)38-19)27(48)39-23-28(49)44-24(32(52)53)14(12-55-31(23)44)11-43-16-3-4-17(43)10-15(9-16)37-26(47)18-5-6-20(45)25(46)21(18)35/h5-6,13,15-17,22-23,31,45-46H,2-4,7-12H2,1H3,(H2,36,38)(H,37,47)(H,39,48)(H,40,54)(H,52,53)/t15-,16+,17-,22-,23-,31-/m1/s1. The van der Waals surface area contributed by atoms with Gasteiger partial charge in [-0.2, -0.15) is 0 Å². The van der Waals surface area contributed by atoms with Gasteiger partial charge in [0.25, 0.3) is 11.8 Å². The van der Waals surface area contributed by atoms with Crippen molar-refractivity contribution in [2.45, 2.75) is 68.2 Å². The molecule has 4 saturated heterocycles. The Kier molecular flexibility index (Phi) is 10.8. The van der Waals surface area contributed by atoms with Gasteiger partial charge in [-0.1, -0.05) is 11.6 Å². The maximum atomic E-state index is 13.7. The zero-order chi connectivity index (χ0) is 40.2. The lowest BCUT2D eigenvalue weighted by Gasteiger charge is -2.50. The highest BCUT2D eigenvalue weighted by atomic mass is 35.5. The fourth-order valence-corrected chi connectivity index (χ4v) is 10.2. The second-order valence-electron chi connectivity index (χ2n) is 14.0. The second kappa shape index (κ2) is 15.4. The fraction of sp³-hybridized carbons (Fsp3) is 0.471. The van der Waals surface area contributed by atoms with Crippen molar-refractivity contribution in [3.05, 3.63) is 45.1 Å². The number of aromatic hydroxyl groups is 2. The van der Waals surface area contributed by atoms with Gasteiger partial charge < -0.3 is 41.9 Å². The Balaban J connectivity index is 1.01. The number of carboxylic acids is 1. The predicted molar refractivity (Wildman–Crippen MR) is 200 cm³/mol. The number of anilines is 1. The summed E-state index contributed by atoms with van der Waals surface area (Å²) in [6.07, 6.45) is 2.80. The zero-order valence-electron chi connectivity index (χ0n) is 29.8. The number of aliphatic carboxylic acids is 1. The molecule has 5 aliphatic heterocycles. The average Bonchev–Trinajstić information content (AvgIpc) is 3.69. The van der Waals surface area contributed by atoms with Crippen molar-refractivity contribution in [3.63, 3.8) is 0 Å². The van der Waals surface area contributed by atoms with E-state index < -0.39 is 70.5 Å². The number of piperazine rings is 1. The molecule has 4 fully saturated rings. The molecule has 298 valence electrons. The summed E-state index contributed by atoms with van der Waals surface area (Å²) >= 11 is 8.38. The fourth-order valence-electron chi connectivity index (χ4n) is 7.98. The van der Waals surface area contributed by atoms with E-state index >= 15 is 0 Å². The first-order valence-corrected chi connectivity index (χ1v) is 20.1. The topological polar surface area (TPSA) is 268 Å². The molecule has 19 nitrogen and oxygen atoms in total. The van der Waals surface area contributed by atoms with Gasteiger partial charge >= 0.3 is 23.8 Å². The van der Waals surface area contributed by atoms with E-state index in [1.54, 1.807) is 6.92 Å². The highest BCUT2D eigenvalue weighted by Gasteiger charge is 2.55. The Hall–Kier alpha value is -5.12. The number of hydrogen-bond donors (Lipinski definition) is 7. The molecule has 1 aromatic heterocycles. The van der Waals surface area contributed by atoms with Crippen LogP contribution in [0.15, 0.2) is 28.8 Å². The molecule has 1 aromatic carbocycles. The van der Waals surface area contributed by atoms with Crippen LogP contribution in [0.2, 0.25) is 5.02 Å². The van der Waals surface area contributed by atoms with E-state index in [1.807, 2.05) is 0 Å². The van der Waals surface area contributed by atoms with E-state index in [0.29, 0.717) is 23.3 Å². The summed E-state index contributed by atoms with van der Waals surface area (Å²) < 4.78 is 0. The first-order valence-electron chi connectivity index (χ1n) is 17.8. The number of nitrogen functional groups attached to an aromatic ring is 1. The van der Waals surface area contributed by atoms with Crippen molar-refractivity contribution >= 4 is 81.4 Å². The number of nitrogens with two attached hydrogens (primary N) is 1. The van der Waals surface area contributed by atoms with Crippen LogP contribution >= 0.6 is 34.7 Å². The lowest BCUT2D eigenvalue weighted by atomic mass is 9.95. The van der Waals surface area contributed by atoms with E-state index in [9.17, 15) is 48.9 Å². The highest BCUT2D eigenvalue weighted by molar-refractivity contribution is 8.00. The molecule has 7 amide bonds. The molecule has 5 aliphatic rings. The number of nitrogens with one attached hydrogen (secondary N) is 3. The number of thiazole rings is 1. The molecule has 6 atom stereocenters. The Labute approximate surface area is 332 Å². The summed E-state index contributed by atoms with van der Waals surface area (Å²) in [5.41, 5.74) is 6.24. The Morgan fingerprint density at radius 1 is 1.05 bits per heavy atom. The number of carbonyl (C=O) groups excluding carboxylic acids is 6. The van der Waals surface area contributed by atoms with E-state index in [4.69, 9.17) is 17.3 Å². The third-order valence-electron chi connectivity index (χ3n) is 10.8. The number of imide groups is 1. The van der Waals surface area contributed by atoms with E-state index in [-0.39, 0.29) is 77.2 Å². The van der Waals surface area contributed by atoms with Crippen LogP contribution in [0.3, 0.4) is 0 Å². The third kappa shape index (κ3) is 7.07. The van der Waals surface area contributed by atoms with Gasteiger partial charge in [-0.25, -0.2) is 14.6 Å². The third-order valence-corrected chi connectivity index (χ3v) is 13.2. The number of carboxylic acid groups (broad SMARTS) is 1. The molecule has 2 aromatic rings. The molecule has 0 saturated carbocycles. The van der Waals surface area contributed by atoms with Crippen LogP contribution in [0.1, 0.15) is 54.7 Å². The molecule has 56 heavy (non-hydrogen) atoms. The first kappa shape index (κ1) is 39.1. The summed E-state index contributed by atoms with van der Waals surface area (Å²) in [4.78, 5) is 101. The number of aromatic nitrogens is 1. The lowest BCUT2D eigenvalue weighted by molar-refractivity contribution is -0.153. The number of hydrogen-bond acceptors (Lipinski definition) is 14. The molecule has 0 aliphatic carbocycles. The van der Waals surface area contributed by atoms with Gasteiger partial charge in [0, 0.05) is 55.4 Å². The van der Waals surface area contributed by atoms with Crippen molar-refractivity contribution < 1.29 is 48.9 Å². The van der Waals surface area contributed by atoms with E-state index in [1.165, 1.54) is 34.2 Å². The average molecular weight is 832 g/mol. The van der Waals surface area contributed by atoms with Crippen LogP contribution in [0, 0.1) is 0 Å². The minimum absolute atomic E-state index is 0.0166. The van der Waals surface area contributed by atoms with Gasteiger partial charge in [0.15, 0.2) is 22.7 Å². The normalized spacial score (nSPS) is 25.4. The smallest absolute Gasteiger partial charge is 0.352 e. The SMILES string of the molecule is CCN1CCN(C(=O)N[C@@H](C(=O)N[C@@H]2C(=O)N3C(C(=O)O)=C(CN4[C@@H]5CC[C@H]4C[C@@H](NC(=O)c4ccc(O)c(O)c4Cl)C5)CS[C@H]23)c2csc(N)n2)C(=O)C1=O. The van der Waals surface area contributed by atoms with Gasteiger partial charge in [-0.05, 0) is 50.3 Å². The molecule has 7 rings (SSSR count). The minimum atomic E-state index is -1.50. The molecule has 0 radical (unpaired) electrons. The number of nitrogens with zero attached hydrogens (tertiary/aromatic N) is 5. The van der Waals surface area contributed by atoms with Crippen molar-refractivity contribution in [1.29, 1.82) is 0 Å². The van der Waals surface area contributed by atoms with Crippen LogP contribution < -0.4 is 21.7 Å². The molecule has 0 unspecified atom stereocenters. The van der Waals surface area contributed by atoms with Crippen LogP contribution in [0.5, 0.6) is 11.5 Å². The maximum absolute atomic E-state index is 13.7. The number of amides is 7. The molecule has 8 N–H and O–H groups in total. The molecule has 6 heterocycles. The van der Waals surface area contributed by atoms with E-state index in [0.717, 1.165) is 29.1 Å². The number of thioether (sulfide) groups is 1. The predicted octanol–water partition coefficient (Wildman–Crippen LogP) is 0.395. The monoisotopic (exact) mass is 831 g/mol. The number of fused-ring (bicyclic) bond motifs is 3. The molecule has 22 heteroatoms. The lowest BCUT2D eigenvalue weighted by Crippen LogP contribution is -2.71. The summed E-state index contributed by atoms with van der Waals surface area (Å²) in [6, 6.07) is -1.33. The van der Waals surface area contributed by atoms with Crippen LogP contribution in [0.4, 0.5) is 9.93 Å². The maximum Gasteiger partial charge on any atom is 0.352 e. The van der Waals surface area contributed by atoms with Crippen LogP contribution in [-0.2, 0) is 24.0 Å². The Morgan fingerprint density at radius 2 is 1.77 bits per heavy atom. The largest absolute Gasteiger partial charge is 0.504 e. The Morgan fingerprint density at radius 3 is 2.41 bits per heavy atom. The summed E-state index contributed by atoms with van der Waals surface area (Å²) in [6.45, 7) is 2.28. The number of urea groups is 1. The van der Waals surface area contributed by atoms with Gasteiger partial charge in [0.2, 0.25) is 5.91 Å². The number of halogens is 1. The van der Waals surface area contributed by atoms with Crippen molar-refractivity contribution in [1.82, 2.24) is 40.5 Å². The quantitative estimate of drug-likeness (QED) is 0.0971. The minimum Gasteiger partial charge on any atom is -0.504 e. The summed E-state index contributed by atoms with van der Waals surface area (Å²) in [7, 11) is 0. The zero-order valence-corrected chi connectivity index (χ0v) is 32.2. The van der Waals surface area contributed by atoms with Gasteiger partial charge in [0.05, 0.1) is 16.3 Å². The van der Waals surface area contributed by atoms with Crippen molar-refractivity contribution in [2.75, 3.05) is 37.7 Å². The van der Waals surface area contributed by atoms with E-state index in [2.05, 4.69) is 25.8 Å². The number of β-lactam (4-membered cyclic amide) rings is 1. The number of piperidine rings is 1. The number of rotatable bonds is 10. The number of carbonyl (C=O) groups is 7. The van der Waals surface area contributed by atoms with Crippen LogP contribution in [0.25, 0.3) is 0 Å². The van der Waals surface area contributed by atoms with Gasteiger partial charge in [-0.3, -0.25) is 38.7 Å². The summed E-state index contributed by atoms with van der Waals surface area (Å²) in [5, 5.41) is 38.5.